The number of aryl methyl sites for hydroxylation is 1. The maximum atomic E-state index is 5.49. The quantitative estimate of drug-likeness (QED) is 0.692. The second-order valence-electron chi connectivity index (χ2n) is 2.78. The van der Waals surface area contributed by atoms with E-state index in [0.717, 1.165) is 22.2 Å². The fourth-order valence-corrected chi connectivity index (χ4v) is 1.30. The first-order valence-electron chi connectivity index (χ1n) is 3.87. The van der Waals surface area contributed by atoms with E-state index < -0.39 is 0 Å². The van der Waals surface area contributed by atoms with Crippen LogP contribution in [0, 0.1) is 6.92 Å². The predicted octanol–water partition coefficient (Wildman–Crippen LogP) is 1.59. The molecular weight excluding hydrogens is 152 g/mol. The van der Waals surface area contributed by atoms with Crippen LogP contribution in [0.5, 0.6) is 0 Å². The molecule has 62 valence electrons. The molecule has 3 nitrogen and oxygen atoms in total. The lowest BCUT2D eigenvalue weighted by atomic mass is 10.1. The molecule has 12 heavy (non-hydrogen) atoms. The third-order valence-corrected chi connectivity index (χ3v) is 1.96. The molecule has 0 aliphatic carbocycles. The summed E-state index contributed by atoms with van der Waals surface area (Å²) in [5, 5.41) is 4.90. The molecule has 2 N–H and O–H groups in total. The van der Waals surface area contributed by atoms with Crippen LogP contribution >= 0.6 is 0 Å². The van der Waals surface area contributed by atoms with Crippen molar-refractivity contribution in [1.29, 1.82) is 0 Å². The molecule has 0 aliphatic rings. The Balaban J connectivity index is 2.80. The topological polar surface area (TPSA) is 52.0 Å². The summed E-state index contributed by atoms with van der Waals surface area (Å²) in [6.45, 7) is 2.42. The van der Waals surface area contributed by atoms with Crippen LogP contribution in [0.3, 0.4) is 0 Å². The zero-order valence-corrected chi connectivity index (χ0v) is 6.87. The molecule has 2 rings (SSSR count). The van der Waals surface area contributed by atoms with Gasteiger partial charge in [-0.15, -0.1) is 0 Å². The molecule has 0 aliphatic heterocycles. The zero-order valence-electron chi connectivity index (χ0n) is 6.87. The Morgan fingerprint density at radius 3 is 3.08 bits per heavy atom. The van der Waals surface area contributed by atoms with Gasteiger partial charge < -0.3 is 10.3 Å². The first kappa shape index (κ1) is 7.31. The van der Waals surface area contributed by atoms with E-state index >= 15 is 0 Å². The van der Waals surface area contributed by atoms with Gasteiger partial charge in [0, 0.05) is 11.9 Å². The molecule has 0 spiro atoms. The molecular formula is C9H10N2O. The van der Waals surface area contributed by atoms with Crippen molar-refractivity contribution >= 4 is 11.0 Å². The summed E-state index contributed by atoms with van der Waals surface area (Å²) in [7, 11) is 0. The summed E-state index contributed by atoms with van der Waals surface area (Å²) >= 11 is 0. The lowest BCUT2D eigenvalue weighted by Crippen LogP contribution is -1.96. The average Bonchev–Trinajstić information content (AvgIpc) is 2.49. The van der Waals surface area contributed by atoms with Gasteiger partial charge in [-0.2, -0.15) is 0 Å². The second kappa shape index (κ2) is 2.60. The van der Waals surface area contributed by atoms with E-state index in [2.05, 4.69) is 5.16 Å². The van der Waals surface area contributed by atoms with Crippen LogP contribution < -0.4 is 5.73 Å². The maximum Gasteiger partial charge on any atom is 0.170 e. The molecule has 0 saturated carbocycles. The summed E-state index contributed by atoms with van der Waals surface area (Å²) in [5.74, 6) is 0. The van der Waals surface area contributed by atoms with Crippen molar-refractivity contribution in [2.75, 3.05) is 0 Å². The molecule has 2 aromatic rings. The SMILES string of the molecule is Cc1cccc2c(CN)noc12. The average molecular weight is 162 g/mol. The minimum absolute atomic E-state index is 0.427. The molecule has 0 unspecified atom stereocenters. The van der Waals surface area contributed by atoms with E-state index in [-0.39, 0.29) is 0 Å². The highest BCUT2D eigenvalue weighted by Gasteiger charge is 2.06. The molecule has 0 bridgehead atoms. The predicted molar refractivity (Wildman–Crippen MR) is 46.6 cm³/mol. The number of aromatic nitrogens is 1. The Morgan fingerprint density at radius 2 is 2.33 bits per heavy atom. The van der Waals surface area contributed by atoms with Crippen molar-refractivity contribution in [2.45, 2.75) is 13.5 Å². The van der Waals surface area contributed by atoms with E-state index in [1.165, 1.54) is 0 Å². The highest BCUT2D eigenvalue weighted by atomic mass is 16.5. The van der Waals surface area contributed by atoms with Gasteiger partial charge in [-0.3, -0.25) is 0 Å². The Hall–Kier alpha value is -1.35. The Morgan fingerprint density at radius 1 is 1.50 bits per heavy atom. The van der Waals surface area contributed by atoms with Gasteiger partial charge >= 0.3 is 0 Å². The number of rotatable bonds is 1. The van der Waals surface area contributed by atoms with Crippen molar-refractivity contribution in [3.05, 3.63) is 29.5 Å². The fourth-order valence-electron chi connectivity index (χ4n) is 1.30. The molecule has 1 aromatic carbocycles. The largest absolute Gasteiger partial charge is 0.356 e. The Kier molecular flexibility index (Phi) is 1.59. The Bertz CT molecular complexity index is 406. The molecule has 0 amide bonds. The minimum Gasteiger partial charge on any atom is -0.356 e. The summed E-state index contributed by atoms with van der Waals surface area (Å²) in [5.41, 5.74) is 8.26. The van der Waals surface area contributed by atoms with Crippen LogP contribution in [0.2, 0.25) is 0 Å². The summed E-state index contributed by atoms with van der Waals surface area (Å²) in [4.78, 5) is 0. The van der Waals surface area contributed by atoms with E-state index in [9.17, 15) is 0 Å². The van der Waals surface area contributed by atoms with Crippen LogP contribution in [-0.4, -0.2) is 5.16 Å². The van der Waals surface area contributed by atoms with Gasteiger partial charge in [0.05, 0.1) is 0 Å². The Labute approximate surface area is 70.1 Å². The summed E-state index contributed by atoms with van der Waals surface area (Å²) in [6, 6.07) is 5.95. The smallest absolute Gasteiger partial charge is 0.170 e. The number of hydrogen-bond acceptors (Lipinski definition) is 3. The standard InChI is InChI=1S/C9H10N2O/c1-6-3-2-4-7-8(5-10)11-12-9(6)7/h2-4H,5,10H2,1H3. The number of hydrogen-bond donors (Lipinski definition) is 1. The molecule has 3 heteroatoms. The number of nitrogens with two attached hydrogens (primary N) is 1. The molecule has 0 saturated heterocycles. The van der Waals surface area contributed by atoms with E-state index in [1.54, 1.807) is 0 Å². The fraction of sp³-hybridized carbons (Fsp3) is 0.222. The summed E-state index contributed by atoms with van der Waals surface area (Å²) < 4.78 is 5.14. The van der Waals surface area contributed by atoms with Gasteiger partial charge in [0.25, 0.3) is 0 Å². The van der Waals surface area contributed by atoms with Gasteiger partial charge in [-0.05, 0) is 18.6 Å². The lowest BCUT2D eigenvalue weighted by molar-refractivity contribution is 0.445. The molecule has 1 heterocycles. The van der Waals surface area contributed by atoms with Crippen molar-refractivity contribution in [1.82, 2.24) is 5.16 Å². The highest BCUT2D eigenvalue weighted by molar-refractivity contribution is 5.82. The van der Waals surface area contributed by atoms with Crippen LogP contribution in [0.1, 0.15) is 11.3 Å². The van der Waals surface area contributed by atoms with Gasteiger partial charge in [0.1, 0.15) is 5.69 Å². The van der Waals surface area contributed by atoms with Crippen LogP contribution in [0.4, 0.5) is 0 Å². The van der Waals surface area contributed by atoms with Crippen molar-refractivity contribution in [3.8, 4) is 0 Å². The van der Waals surface area contributed by atoms with Crippen molar-refractivity contribution < 1.29 is 4.52 Å². The van der Waals surface area contributed by atoms with E-state index in [1.807, 2.05) is 25.1 Å². The van der Waals surface area contributed by atoms with Crippen molar-refractivity contribution in [3.63, 3.8) is 0 Å². The van der Waals surface area contributed by atoms with Gasteiger partial charge in [0.2, 0.25) is 0 Å². The van der Waals surface area contributed by atoms with Gasteiger partial charge in [-0.1, -0.05) is 17.3 Å². The molecule has 0 radical (unpaired) electrons. The van der Waals surface area contributed by atoms with Gasteiger partial charge in [0.15, 0.2) is 5.58 Å². The van der Waals surface area contributed by atoms with E-state index in [0.29, 0.717) is 6.54 Å². The van der Waals surface area contributed by atoms with Crippen LogP contribution in [0.15, 0.2) is 22.7 Å². The number of fused-ring (bicyclic) bond motifs is 1. The van der Waals surface area contributed by atoms with Crippen LogP contribution in [0.25, 0.3) is 11.0 Å². The molecule has 0 atom stereocenters. The monoisotopic (exact) mass is 162 g/mol. The first-order chi connectivity index (χ1) is 5.83. The second-order valence-corrected chi connectivity index (χ2v) is 2.78. The lowest BCUT2D eigenvalue weighted by Gasteiger charge is -1.91. The number of nitrogens with zero attached hydrogens (tertiary/aromatic N) is 1. The zero-order chi connectivity index (χ0) is 8.55. The van der Waals surface area contributed by atoms with Crippen LogP contribution in [-0.2, 0) is 6.54 Å². The third-order valence-electron chi connectivity index (χ3n) is 1.96. The van der Waals surface area contributed by atoms with Crippen molar-refractivity contribution in [2.24, 2.45) is 5.73 Å². The maximum absolute atomic E-state index is 5.49. The first-order valence-corrected chi connectivity index (χ1v) is 3.87. The highest BCUT2D eigenvalue weighted by Crippen LogP contribution is 2.20. The molecule has 1 aromatic heterocycles. The third kappa shape index (κ3) is 0.905. The summed E-state index contributed by atoms with van der Waals surface area (Å²) in [6.07, 6.45) is 0. The normalized spacial score (nSPS) is 10.8. The van der Waals surface area contributed by atoms with E-state index in [4.69, 9.17) is 10.3 Å². The number of para-hydroxylation sites is 1. The molecule has 0 fully saturated rings. The van der Waals surface area contributed by atoms with Gasteiger partial charge in [-0.25, -0.2) is 0 Å². The minimum atomic E-state index is 0.427. The number of benzene rings is 1.